The van der Waals surface area contributed by atoms with Crippen molar-refractivity contribution in [1.29, 1.82) is 0 Å². The predicted octanol–water partition coefficient (Wildman–Crippen LogP) is 1.62. The molecule has 0 aromatic carbocycles. The van der Waals surface area contributed by atoms with Gasteiger partial charge in [-0.25, -0.2) is 0 Å². The van der Waals surface area contributed by atoms with Crippen molar-refractivity contribution in [2.75, 3.05) is 7.11 Å². The van der Waals surface area contributed by atoms with Crippen molar-refractivity contribution in [3.05, 3.63) is 0 Å². The van der Waals surface area contributed by atoms with Crippen molar-refractivity contribution < 1.29 is 19.0 Å². The first-order valence-electron chi connectivity index (χ1n) is 5.56. The van der Waals surface area contributed by atoms with Gasteiger partial charge in [0.2, 0.25) is 0 Å². The lowest BCUT2D eigenvalue weighted by molar-refractivity contribution is -0.215. The van der Waals surface area contributed by atoms with E-state index in [4.69, 9.17) is 9.47 Å². The van der Waals surface area contributed by atoms with Gasteiger partial charge in [0, 0.05) is 12.8 Å². The van der Waals surface area contributed by atoms with Crippen LogP contribution in [-0.2, 0) is 19.0 Å². The van der Waals surface area contributed by atoms with Crippen LogP contribution in [-0.4, -0.2) is 31.1 Å². The van der Waals surface area contributed by atoms with Crippen LogP contribution >= 0.6 is 0 Å². The van der Waals surface area contributed by atoms with Crippen LogP contribution in [0.4, 0.5) is 0 Å². The number of rotatable bonds is 2. The Morgan fingerprint density at radius 3 is 2.73 bits per heavy atom. The molecule has 2 saturated heterocycles. The third kappa shape index (κ3) is 2.32. The fourth-order valence-corrected chi connectivity index (χ4v) is 2.39. The Hall–Kier alpha value is -0.610. The second kappa shape index (κ2) is 4.10. The monoisotopic (exact) mass is 214 g/mol. The predicted molar refractivity (Wildman–Crippen MR) is 53.3 cm³/mol. The molecule has 0 aromatic rings. The second-order valence-electron chi connectivity index (χ2n) is 4.44. The highest BCUT2D eigenvalue weighted by molar-refractivity contribution is 5.69. The Labute approximate surface area is 89.9 Å². The average Bonchev–Trinajstić information content (AvgIpc) is 2.75. The largest absolute Gasteiger partial charge is 0.469 e. The quantitative estimate of drug-likeness (QED) is 0.655. The zero-order valence-electron chi connectivity index (χ0n) is 9.32. The fourth-order valence-electron chi connectivity index (χ4n) is 2.39. The molecule has 0 radical (unpaired) electrons. The van der Waals surface area contributed by atoms with Gasteiger partial charge in [0.05, 0.1) is 25.7 Å². The van der Waals surface area contributed by atoms with Crippen molar-refractivity contribution in [2.45, 2.75) is 57.0 Å². The van der Waals surface area contributed by atoms with Crippen LogP contribution in [0.5, 0.6) is 0 Å². The maximum atomic E-state index is 11.1. The number of carbonyl (C=O) groups is 1. The third-order valence-electron chi connectivity index (χ3n) is 3.20. The number of hydrogen-bond donors (Lipinski definition) is 0. The Kier molecular flexibility index (Phi) is 2.98. The molecule has 0 aliphatic carbocycles. The van der Waals surface area contributed by atoms with E-state index in [2.05, 4.69) is 11.7 Å². The van der Waals surface area contributed by atoms with Gasteiger partial charge >= 0.3 is 5.97 Å². The van der Waals surface area contributed by atoms with Crippen molar-refractivity contribution >= 4 is 5.97 Å². The van der Waals surface area contributed by atoms with Crippen molar-refractivity contribution in [2.24, 2.45) is 0 Å². The lowest BCUT2D eigenvalue weighted by Gasteiger charge is -2.23. The lowest BCUT2D eigenvalue weighted by atomic mass is 10.1. The molecule has 0 N–H and O–H groups in total. The molecule has 2 rings (SSSR count). The van der Waals surface area contributed by atoms with Crippen LogP contribution in [0.25, 0.3) is 0 Å². The summed E-state index contributed by atoms with van der Waals surface area (Å²) in [7, 11) is 1.40. The molecule has 2 aliphatic rings. The van der Waals surface area contributed by atoms with Crippen molar-refractivity contribution in [3.63, 3.8) is 0 Å². The van der Waals surface area contributed by atoms with E-state index in [9.17, 15) is 4.79 Å². The van der Waals surface area contributed by atoms with Crippen molar-refractivity contribution in [3.8, 4) is 0 Å². The molecular formula is C11H18O4. The molecule has 86 valence electrons. The topological polar surface area (TPSA) is 44.8 Å². The fraction of sp³-hybridized carbons (Fsp3) is 0.909. The smallest absolute Gasteiger partial charge is 0.308 e. The first-order valence-corrected chi connectivity index (χ1v) is 5.56. The summed E-state index contributed by atoms with van der Waals surface area (Å²) in [6, 6.07) is 0. The van der Waals surface area contributed by atoms with Gasteiger partial charge in [0.15, 0.2) is 5.79 Å². The minimum atomic E-state index is -0.391. The third-order valence-corrected chi connectivity index (χ3v) is 3.20. The highest BCUT2D eigenvalue weighted by atomic mass is 16.7. The van der Waals surface area contributed by atoms with E-state index < -0.39 is 5.79 Å². The maximum Gasteiger partial charge on any atom is 0.308 e. The zero-order chi connectivity index (χ0) is 10.9. The zero-order valence-corrected chi connectivity index (χ0v) is 9.32. The van der Waals surface area contributed by atoms with Gasteiger partial charge in [-0.2, -0.15) is 0 Å². The highest BCUT2D eigenvalue weighted by Gasteiger charge is 2.46. The van der Waals surface area contributed by atoms with E-state index in [1.54, 1.807) is 0 Å². The molecule has 4 heteroatoms. The van der Waals surface area contributed by atoms with E-state index in [1.165, 1.54) is 7.11 Å². The van der Waals surface area contributed by atoms with E-state index >= 15 is 0 Å². The standard InChI is InChI=1S/C11H18O4/c1-8-3-5-11(14-8)6-4-9(15-11)7-10(12)13-2/h8-9H,3-7H2,1-2H3/t8-,9-,11-/m0/s1. The molecule has 2 aliphatic heterocycles. The minimum absolute atomic E-state index is 0.0252. The van der Waals surface area contributed by atoms with Gasteiger partial charge < -0.3 is 14.2 Å². The highest BCUT2D eigenvalue weighted by Crippen LogP contribution is 2.42. The minimum Gasteiger partial charge on any atom is -0.469 e. The summed E-state index contributed by atoms with van der Waals surface area (Å²) in [5.74, 6) is -0.596. The number of ether oxygens (including phenoxy) is 3. The van der Waals surface area contributed by atoms with Crippen LogP contribution in [0.1, 0.15) is 39.0 Å². The molecule has 2 fully saturated rings. The molecule has 0 aromatic heterocycles. The molecular weight excluding hydrogens is 196 g/mol. The molecule has 0 bridgehead atoms. The Morgan fingerprint density at radius 2 is 2.13 bits per heavy atom. The summed E-state index contributed by atoms with van der Waals surface area (Å²) in [6.45, 7) is 2.06. The van der Waals surface area contributed by atoms with Gasteiger partial charge in [0.25, 0.3) is 0 Å². The number of hydrogen-bond acceptors (Lipinski definition) is 4. The van der Waals surface area contributed by atoms with Gasteiger partial charge in [-0.05, 0) is 19.8 Å². The van der Waals surface area contributed by atoms with Crippen LogP contribution in [0.3, 0.4) is 0 Å². The first-order chi connectivity index (χ1) is 7.13. The molecule has 4 nitrogen and oxygen atoms in total. The second-order valence-corrected chi connectivity index (χ2v) is 4.44. The van der Waals surface area contributed by atoms with Crippen LogP contribution < -0.4 is 0 Å². The van der Waals surface area contributed by atoms with Gasteiger partial charge in [-0.1, -0.05) is 0 Å². The van der Waals surface area contributed by atoms with E-state index in [-0.39, 0.29) is 18.2 Å². The molecule has 1 spiro atoms. The molecule has 3 atom stereocenters. The summed E-state index contributed by atoms with van der Waals surface area (Å²) in [6.07, 6.45) is 4.39. The van der Waals surface area contributed by atoms with Gasteiger partial charge in [-0.3, -0.25) is 4.79 Å². The Balaban J connectivity index is 1.86. The van der Waals surface area contributed by atoms with Crippen molar-refractivity contribution in [1.82, 2.24) is 0 Å². The summed E-state index contributed by atoms with van der Waals surface area (Å²) in [5.41, 5.74) is 0. The average molecular weight is 214 g/mol. The van der Waals surface area contributed by atoms with Gasteiger partial charge in [0.1, 0.15) is 0 Å². The summed E-state index contributed by atoms with van der Waals surface area (Å²) in [4.78, 5) is 11.1. The normalized spacial score (nSPS) is 39.9. The summed E-state index contributed by atoms with van der Waals surface area (Å²) >= 11 is 0. The van der Waals surface area contributed by atoms with Crippen LogP contribution in [0, 0.1) is 0 Å². The SMILES string of the molecule is COC(=O)C[C@@H]1CC[C@]2(CC[C@H](C)O2)O1. The molecule has 0 saturated carbocycles. The number of methoxy groups -OCH3 is 1. The molecule has 15 heavy (non-hydrogen) atoms. The number of carbonyl (C=O) groups excluding carboxylic acids is 1. The Bertz CT molecular complexity index is 253. The molecule has 0 unspecified atom stereocenters. The maximum absolute atomic E-state index is 11.1. The van der Waals surface area contributed by atoms with E-state index in [1.807, 2.05) is 0 Å². The molecule has 2 heterocycles. The van der Waals surface area contributed by atoms with Crippen LogP contribution in [0.15, 0.2) is 0 Å². The number of esters is 1. The lowest BCUT2D eigenvalue weighted by Crippen LogP contribution is -2.29. The van der Waals surface area contributed by atoms with Crippen LogP contribution in [0.2, 0.25) is 0 Å². The molecule has 0 amide bonds. The Morgan fingerprint density at radius 1 is 1.40 bits per heavy atom. The summed E-state index contributed by atoms with van der Waals surface area (Å²) < 4.78 is 16.2. The van der Waals surface area contributed by atoms with E-state index in [0.717, 1.165) is 25.7 Å². The van der Waals surface area contributed by atoms with Gasteiger partial charge in [-0.15, -0.1) is 0 Å². The first kappa shape index (κ1) is 10.9. The van der Waals surface area contributed by atoms with E-state index in [0.29, 0.717) is 6.42 Å². The summed E-state index contributed by atoms with van der Waals surface area (Å²) in [5, 5.41) is 0.